The Labute approximate surface area is 178 Å². The Hall–Kier alpha value is -4.00. The van der Waals surface area contributed by atoms with Gasteiger partial charge in [0.15, 0.2) is 5.70 Å². The third-order valence-electron chi connectivity index (χ3n) is 4.89. The van der Waals surface area contributed by atoms with Gasteiger partial charge >= 0.3 is 5.97 Å². The van der Waals surface area contributed by atoms with Crippen molar-refractivity contribution in [2.24, 2.45) is 4.99 Å². The Morgan fingerprint density at radius 3 is 2.39 bits per heavy atom. The van der Waals surface area contributed by atoms with E-state index in [1.807, 2.05) is 24.3 Å². The molecule has 7 heteroatoms. The average Bonchev–Trinajstić information content (AvgIpc) is 3.35. The highest BCUT2D eigenvalue weighted by atomic mass is 16.6. The van der Waals surface area contributed by atoms with Crippen LogP contribution in [0.25, 0.3) is 17.4 Å². The lowest BCUT2D eigenvalue weighted by Crippen LogP contribution is -2.11. The van der Waals surface area contributed by atoms with E-state index in [0.29, 0.717) is 22.6 Å². The number of ether oxygens (including phenoxy) is 1. The highest BCUT2D eigenvalue weighted by molar-refractivity contribution is 6.12. The monoisotopic (exact) mass is 416 g/mol. The fraction of sp³-hybridized carbons (Fsp3) is 0.167. The number of carbonyl (C=O) groups excluding carboxylic acids is 1. The minimum atomic E-state index is -0.585. The molecule has 2 heterocycles. The standard InChI is InChI=1S/C24H20N2O5/c1-24(2,3)16-10-8-15(9-11-16)22-25-19(23(27)31-22)14-17-12-13-21(30-17)18-6-4-5-7-20(18)26(28)29/h4-14H,1-3H3/b19-14-. The number of esters is 1. The molecule has 2 aromatic carbocycles. The molecule has 0 spiro atoms. The zero-order valence-corrected chi connectivity index (χ0v) is 17.3. The van der Waals surface area contributed by atoms with E-state index in [4.69, 9.17) is 9.15 Å². The Bertz CT molecular complexity index is 1230. The molecule has 0 saturated carbocycles. The summed E-state index contributed by atoms with van der Waals surface area (Å²) in [6, 6.07) is 17.2. The molecule has 0 amide bonds. The molecule has 0 N–H and O–H groups in total. The number of carbonyl (C=O) groups is 1. The molecule has 4 rings (SSSR count). The maximum atomic E-state index is 12.3. The Morgan fingerprint density at radius 1 is 1.00 bits per heavy atom. The molecule has 3 aromatic rings. The molecule has 7 nitrogen and oxygen atoms in total. The largest absolute Gasteiger partial charge is 0.456 e. The Kier molecular flexibility index (Phi) is 5.02. The fourth-order valence-electron chi connectivity index (χ4n) is 3.20. The normalized spacial score (nSPS) is 15.1. The Balaban J connectivity index is 1.61. The number of nitro benzene ring substituents is 1. The summed E-state index contributed by atoms with van der Waals surface area (Å²) in [4.78, 5) is 27.3. The topological polar surface area (TPSA) is 94.9 Å². The van der Waals surface area contributed by atoms with Crippen LogP contribution in [0.4, 0.5) is 5.69 Å². The first-order valence-corrected chi connectivity index (χ1v) is 9.69. The van der Waals surface area contributed by atoms with Gasteiger partial charge in [0.25, 0.3) is 5.69 Å². The average molecular weight is 416 g/mol. The molecule has 0 aliphatic carbocycles. The van der Waals surface area contributed by atoms with Crippen molar-refractivity contribution in [3.63, 3.8) is 0 Å². The number of hydrogen-bond donors (Lipinski definition) is 0. The minimum absolute atomic E-state index is 0.0164. The van der Waals surface area contributed by atoms with E-state index in [9.17, 15) is 14.9 Å². The molecule has 1 aliphatic heterocycles. The van der Waals surface area contributed by atoms with Gasteiger partial charge in [-0.25, -0.2) is 9.79 Å². The first-order valence-electron chi connectivity index (χ1n) is 9.69. The van der Waals surface area contributed by atoms with Crippen LogP contribution in [0.15, 0.2) is 75.8 Å². The summed E-state index contributed by atoms with van der Waals surface area (Å²) in [5, 5.41) is 11.2. The van der Waals surface area contributed by atoms with E-state index >= 15 is 0 Å². The number of aliphatic imine (C=N–C) groups is 1. The van der Waals surface area contributed by atoms with Gasteiger partial charge in [-0.1, -0.05) is 45.0 Å². The van der Waals surface area contributed by atoms with Gasteiger partial charge in [-0.15, -0.1) is 0 Å². The highest BCUT2D eigenvalue weighted by Gasteiger charge is 2.25. The highest BCUT2D eigenvalue weighted by Crippen LogP contribution is 2.32. The summed E-state index contributed by atoms with van der Waals surface area (Å²) in [5.74, 6) is 0.307. The maximum Gasteiger partial charge on any atom is 0.363 e. The molecular formula is C24H20N2O5. The molecule has 156 valence electrons. The predicted molar refractivity (Wildman–Crippen MR) is 117 cm³/mol. The van der Waals surface area contributed by atoms with Crippen molar-refractivity contribution in [1.29, 1.82) is 0 Å². The van der Waals surface area contributed by atoms with Gasteiger partial charge in [0, 0.05) is 17.7 Å². The van der Waals surface area contributed by atoms with Gasteiger partial charge in [-0.2, -0.15) is 0 Å². The second kappa shape index (κ2) is 7.68. The van der Waals surface area contributed by atoms with E-state index in [0.717, 1.165) is 5.56 Å². The number of nitro groups is 1. The van der Waals surface area contributed by atoms with Crippen molar-refractivity contribution >= 4 is 23.6 Å². The van der Waals surface area contributed by atoms with Crippen molar-refractivity contribution in [1.82, 2.24) is 0 Å². The maximum absolute atomic E-state index is 12.3. The third kappa shape index (κ3) is 4.16. The Morgan fingerprint density at radius 2 is 1.71 bits per heavy atom. The molecule has 1 aromatic heterocycles. The smallest absolute Gasteiger partial charge is 0.363 e. The second-order valence-electron chi connectivity index (χ2n) is 8.14. The third-order valence-corrected chi connectivity index (χ3v) is 4.89. The van der Waals surface area contributed by atoms with Crippen LogP contribution in [0.3, 0.4) is 0 Å². The molecule has 0 atom stereocenters. The van der Waals surface area contributed by atoms with Crippen LogP contribution in [-0.2, 0) is 14.9 Å². The van der Waals surface area contributed by atoms with Gasteiger partial charge in [-0.05, 0) is 41.3 Å². The molecule has 31 heavy (non-hydrogen) atoms. The van der Waals surface area contributed by atoms with Gasteiger partial charge < -0.3 is 9.15 Å². The van der Waals surface area contributed by atoms with Gasteiger partial charge in [-0.3, -0.25) is 10.1 Å². The van der Waals surface area contributed by atoms with Crippen molar-refractivity contribution in [2.45, 2.75) is 26.2 Å². The summed E-state index contributed by atoms with van der Waals surface area (Å²) in [7, 11) is 0. The first kappa shape index (κ1) is 20.3. The van der Waals surface area contributed by atoms with Crippen LogP contribution >= 0.6 is 0 Å². The van der Waals surface area contributed by atoms with Crippen LogP contribution in [0.5, 0.6) is 0 Å². The van der Waals surface area contributed by atoms with Crippen molar-refractivity contribution in [3.8, 4) is 11.3 Å². The van der Waals surface area contributed by atoms with Crippen LogP contribution in [0.2, 0.25) is 0 Å². The molecule has 0 unspecified atom stereocenters. The zero-order valence-electron chi connectivity index (χ0n) is 17.3. The van der Waals surface area contributed by atoms with E-state index in [2.05, 4.69) is 25.8 Å². The lowest BCUT2D eigenvalue weighted by Gasteiger charge is -2.18. The van der Waals surface area contributed by atoms with Crippen LogP contribution in [0.1, 0.15) is 37.7 Å². The van der Waals surface area contributed by atoms with Crippen LogP contribution in [-0.4, -0.2) is 16.8 Å². The molecular weight excluding hydrogens is 396 g/mol. The lowest BCUT2D eigenvalue weighted by molar-refractivity contribution is -0.384. The summed E-state index contributed by atoms with van der Waals surface area (Å²) in [6.45, 7) is 6.37. The minimum Gasteiger partial charge on any atom is -0.456 e. The van der Waals surface area contributed by atoms with Crippen molar-refractivity contribution < 1.29 is 18.9 Å². The number of para-hydroxylation sites is 1. The van der Waals surface area contributed by atoms with Gasteiger partial charge in [0.05, 0.1) is 10.5 Å². The number of nitrogens with zero attached hydrogens (tertiary/aromatic N) is 2. The number of furan rings is 1. The number of benzene rings is 2. The quantitative estimate of drug-likeness (QED) is 0.242. The molecule has 0 saturated heterocycles. The van der Waals surface area contributed by atoms with Gasteiger partial charge in [0.2, 0.25) is 5.90 Å². The van der Waals surface area contributed by atoms with E-state index in [1.54, 1.807) is 30.3 Å². The first-order chi connectivity index (χ1) is 14.7. The van der Waals surface area contributed by atoms with Crippen LogP contribution in [0, 0.1) is 10.1 Å². The lowest BCUT2D eigenvalue weighted by atomic mass is 9.87. The summed E-state index contributed by atoms with van der Waals surface area (Å²) in [5.41, 5.74) is 2.27. The predicted octanol–water partition coefficient (Wildman–Crippen LogP) is 5.50. The molecule has 0 radical (unpaired) electrons. The summed E-state index contributed by atoms with van der Waals surface area (Å²) in [6.07, 6.45) is 1.46. The number of cyclic esters (lactones) is 1. The van der Waals surface area contributed by atoms with Crippen molar-refractivity contribution in [2.75, 3.05) is 0 Å². The zero-order chi connectivity index (χ0) is 22.2. The fourth-order valence-corrected chi connectivity index (χ4v) is 3.20. The molecule has 0 fully saturated rings. The van der Waals surface area contributed by atoms with E-state index in [1.165, 1.54) is 12.1 Å². The second-order valence-corrected chi connectivity index (χ2v) is 8.14. The van der Waals surface area contributed by atoms with Gasteiger partial charge in [0.1, 0.15) is 11.5 Å². The summed E-state index contributed by atoms with van der Waals surface area (Å²) < 4.78 is 11.0. The summed E-state index contributed by atoms with van der Waals surface area (Å²) >= 11 is 0. The van der Waals surface area contributed by atoms with E-state index in [-0.39, 0.29) is 22.7 Å². The number of rotatable bonds is 4. The molecule has 1 aliphatic rings. The molecule has 0 bridgehead atoms. The van der Waals surface area contributed by atoms with E-state index < -0.39 is 10.9 Å². The SMILES string of the molecule is CC(C)(C)c1ccc(C2=N/C(=C\c3ccc(-c4ccccc4[N+](=O)[O-])o3)C(=O)O2)cc1. The number of hydrogen-bond acceptors (Lipinski definition) is 6. The van der Waals surface area contributed by atoms with Crippen molar-refractivity contribution in [3.05, 3.63) is 93.4 Å². The van der Waals surface area contributed by atoms with Crippen LogP contribution < -0.4 is 0 Å².